The van der Waals surface area contributed by atoms with E-state index in [2.05, 4.69) is 5.32 Å². The lowest BCUT2D eigenvalue weighted by molar-refractivity contribution is -0.315. The molecule has 20 heavy (non-hydrogen) atoms. The van der Waals surface area contributed by atoms with E-state index >= 15 is 0 Å². The third kappa shape index (κ3) is 2.61. The standard InChI is InChI=1S/C15H19NO4/c1-14(2,3)20-13(19)16-15(12(17)18)9-8-10-6-4-5-7-11(10)15/h4-7H,8-9H2,1-3H3,(H,16,19)(H,17,18)/p-1/t15-/m0/s1. The molecule has 1 aliphatic carbocycles. The van der Waals surface area contributed by atoms with Crippen LogP contribution in [0.25, 0.3) is 0 Å². The lowest BCUT2D eigenvalue weighted by atomic mass is 9.92. The Morgan fingerprint density at radius 3 is 2.55 bits per heavy atom. The topological polar surface area (TPSA) is 78.5 Å². The zero-order valence-corrected chi connectivity index (χ0v) is 11.9. The van der Waals surface area contributed by atoms with E-state index in [1.807, 2.05) is 12.1 Å². The number of carbonyl (C=O) groups excluding carboxylic acids is 2. The predicted molar refractivity (Wildman–Crippen MR) is 70.8 cm³/mol. The van der Waals surface area contributed by atoms with Crippen LogP contribution >= 0.6 is 0 Å². The minimum absolute atomic E-state index is 0.272. The lowest BCUT2D eigenvalue weighted by Gasteiger charge is -2.33. The van der Waals surface area contributed by atoms with Crippen LogP contribution in [-0.2, 0) is 21.5 Å². The largest absolute Gasteiger partial charge is 0.547 e. The molecule has 2 rings (SSSR count). The zero-order valence-electron chi connectivity index (χ0n) is 11.9. The molecule has 0 fully saturated rings. The SMILES string of the molecule is CC(C)(C)OC(=O)N[C@@]1(C(=O)[O-])CCc2ccccc21. The van der Waals surface area contributed by atoms with Gasteiger partial charge in [0.25, 0.3) is 0 Å². The van der Waals surface area contributed by atoms with Gasteiger partial charge in [-0.05, 0) is 44.7 Å². The molecule has 0 aromatic heterocycles. The molecule has 1 aliphatic rings. The molecule has 0 spiro atoms. The maximum absolute atomic E-state index is 11.9. The first kappa shape index (κ1) is 14.4. The molecule has 1 aromatic carbocycles. The second-order valence-electron chi connectivity index (χ2n) is 5.98. The molecule has 5 heteroatoms. The molecule has 0 saturated carbocycles. The highest BCUT2D eigenvalue weighted by atomic mass is 16.6. The Hall–Kier alpha value is -2.04. The average molecular weight is 276 g/mol. The Morgan fingerprint density at radius 1 is 1.30 bits per heavy atom. The summed E-state index contributed by atoms with van der Waals surface area (Å²) in [6.45, 7) is 5.17. The van der Waals surface area contributed by atoms with Crippen LogP contribution in [0.2, 0.25) is 0 Å². The van der Waals surface area contributed by atoms with Crippen molar-refractivity contribution in [3.63, 3.8) is 0 Å². The average Bonchev–Trinajstić information content (AvgIpc) is 2.67. The molecule has 1 aromatic rings. The Bertz CT molecular complexity index is 547. The number of carbonyl (C=O) groups is 2. The van der Waals surface area contributed by atoms with Crippen molar-refractivity contribution < 1.29 is 19.4 Å². The second-order valence-corrected chi connectivity index (χ2v) is 5.98. The third-order valence-corrected chi connectivity index (χ3v) is 3.31. The Balaban J connectivity index is 2.30. The van der Waals surface area contributed by atoms with E-state index in [1.54, 1.807) is 32.9 Å². The van der Waals surface area contributed by atoms with Gasteiger partial charge in [-0.15, -0.1) is 0 Å². The molecule has 108 valence electrons. The maximum Gasteiger partial charge on any atom is 0.408 e. The minimum Gasteiger partial charge on any atom is -0.547 e. The van der Waals surface area contributed by atoms with Gasteiger partial charge < -0.3 is 20.0 Å². The molecule has 0 radical (unpaired) electrons. The Labute approximate surface area is 117 Å². The quantitative estimate of drug-likeness (QED) is 0.877. The highest BCUT2D eigenvalue weighted by Gasteiger charge is 2.42. The highest BCUT2D eigenvalue weighted by Crippen LogP contribution is 2.36. The molecule has 1 atom stereocenters. The molecule has 0 aliphatic heterocycles. The van der Waals surface area contributed by atoms with Crippen LogP contribution in [0.4, 0.5) is 4.79 Å². The summed E-state index contributed by atoms with van der Waals surface area (Å²) in [6, 6.07) is 7.16. The van der Waals surface area contributed by atoms with Gasteiger partial charge in [-0.3, -0.25) is 0 Å². The van der Waals surface area contributed by atoms with E-state index in [-0.39, 0.29) is 6.42 Å². The maximum atomic E-state index is 11.9. The molecule has 1 N–H and O–H groups in total. The number of nitrogens with one attached hydrogen (secondary N) is 1. The van der Waals surface area contributed by atoms with Crippen molar-refractivity contribution in [1.29, 1.82) is 0 Å². The number of hydrogen-bond acceptors (Lipinski definition) is 4. The summed E-state index contributed by atoms with van der Waals surface area (Å²) in [7, 11) is 0. The predicted octanol–water partition coefficient (Wildman–Crippen LogP) is 1.10. The first-order valence-electron chi connectivity index (χ1n) is 6.56. The van der Waals surface area contributed by atoms with E-state index in [1.165, 1.54) is 0 Å². The van der Waals surface area contributed by atoms with Crippen molar-refractivity contribution in [1.82, 2.24) is 5.32 Å². The van der Waals surface area contributed by atoms with Gasteiger partial charge in [0.1, 0.15) is 11.1 Å². The van der Waals surface area contributed by atoms with E-state index in [0.29, 0.717) is 12.0 Å². The van der Waals surface area contributed by atoms with Crippen LogP contribution in [0.1, 0.15) is 38.3 Å². The van der Waals surface area contributed by atoms with Gasteiger partial charge >= 0.3 is 6.09 Å². The van der Waals surface area contributed by atoms with Crippen molar-refractivity contribution in [3.05, 3.63) is 35.4 Å². The molecular weight excluding hydrogens is 258 g/mol. The molecule has 1 amide bonds. The molecule has 0 unspecified atom stereocenters. The summed E-state index contributed by atoms with van der Waals surface area (Å²) >= 11 is 0. The van der Waals surface area contributed by atoms with Crippen LogP contribution in [-0.4, -0.2) is 17.7 Å². The number of aliphatic carboxylic acids is 1. The summed E-state index contributed by atoms with van der Waals surface area (Å²) in [6.07, 6.45) is 0.104. The Kier molecular flexibility index (Phi) is 3.46. The van der Waals surface area contributed by atoms with Crippen molar-refractivity contribution in [2.24, 2.45) is 0 Å². The van der Waals surface area contributed by atoms with Crippen LogP contribution in [0.5, 0.6) is 0 Å². The first-order chi connectivity index (χ1) is 9.24. The number of amides is 1. The number of carboxylic acids is 1. The van der Waals surface area contributed by atoms with Gasteiger partial charge in [-0.2, -0.15) is 0 Å². The number of carboxylic acid groups (broad SMARTS) is 1. The molecule has 5 nitrogen and oxygen atoms in total. The third-order valence-electron chi connectivity index (χ3n) is 3.31. The summed E-state index contributed by atoms with van der Waals surface area (Å²) in [5.74, 6) is -1.31. The van der Waals surface area contributed by atoms with Crippen molar-refractivity contribution in [3.8, 4) is 0 Å². The van der Waals surface area contributed by atoms with Crippen molar-refractivity contribution in [2.75, 3.05) is 0 Å². The van der Waals surface area contributed by atoms with Gasteiger partial charge in [0.15, 0.2) is 0 Å². The summed E-state index contributed by atoms with van der Waals surface area (Å²) in [5, 5.41) is 14.1. The number of benzene rings is 1. The number of hydrogen-bond donors (Lipinski definition) is 1. The van der Waals surface area contributed by atoms with Crippen molar-refractivity contribution in [2.45, 2.75) is 44.8 Å². The van der Waals surface area contributed by atoms with E-state index in [4.69, 9.17) is 4.74 Å². The van der Waals surface area contributed by atoms with Crippen LogP contribution in [0.3, 0.4) is 0 Å². The van der Waals surface area contributed by atoms with Crippen LogP contribution in [0, 0.1) is 0 Å². The zero-order chi connectivity index (χ0) is 15.0. The number of alkyl carbamates (subject to hydrolysis) is 1. The lowest BCUT2D eigenvalue weighted by Crippen LogP contribution is -2.57. The van der Waals surface area contributed by atoms with Gasteiger partial charge in [-0.25, -0.2) is 4.79 Å². The smallest absolute Gasteiger partial charge is 0.408 e. The van der Waals surface area contributed by atoms with Gasteiger partial charge in [0.2, 0.25) is 0 Å². The number of fused-ring (bicyclic) bond motifs is 1. The van der Waals surface area contributed by atoms with Crippen molar-refractivity contribution >= 4 is 12.1 Å². The fourth-order valence-electron chi connectivity index (χ4n) is 2.48. The van der Waals surface area contributed by atoms with Gasteiger partial charge in [0.05, 0.1) is 5.97 Å². The molecule has 0 bridgehead atoms. The van der Waals surface area contributed by atoms with Gasteiger partial charge in [-0.1, -0.05) is 24.3 Å². The molecule has 0 heterocycles. The summed E-state index contributed by atoms with van der Waals surface area (Å²) in [4.78, 5) is 23.5. The van der Waals surface area contributed by atoms with Crippen LogP contribution < -0.4 is 10.4 Å². The highest BCUT2D eigenvalue weighted by molar-refractivity contribution is 5.86. The summed E-state index contributed by atoms with van der Waals surface area (Å²) in [5.41, 5.74) is -0.701. The number of aryl methyl sites for hydroxylation is 1. The van der Waals surface area contributed by atoms with E-state index in [9.17, 15) is 14.7 Å². The Morgan fingerprint density at radius 2 is 1.95 bits per heavy atom. The monoisotopic (exact) mass is 276 g/mol. The summed E-state index contributed by atoms with van der Waals surface area (Å²) < 4.78 is 5.15. The number of ether oxygens (including phenoxy) is 1. The fourth-order valence-corrected chi connectivity index (χ4v) is 2.48. The molecular formula is C15H18NO4-. The fraction of sp³-hybridized carbons (Fsp3) is 0.467. The van der Waals surface area contributed by atoms with Gasteiger partial charge in [0, 0.05) is 0 Å². The second kappa shape index (κ2) is 4.81. The van der Waals surface area contributed by atoms with E-state index < -0.39 is 23.2 Å². The minimum atomic E-state index is -1.50. The first-order valence-corrected chi connectivity index (χ1v) is 6.56. The van der Waals surface area contributed by atoms with E-state index in [0.717, 1.165) is 5.56 Å². The van der Waals surface area contributed by atoms with Crippen LogP contribution in [0.15, 0.2) is 24.3 Å². The number of rotatable bonds is 2. The molecule has 0 saturated heterocycles. The normalized spacial score (nSPS) is 21.1.